The summed E-state index contributed by atoms with van der Waals surface area (Å²) in [5.74, 6) is 0.429. The van der Waals surface area contributed by atoms with E-state index in [1.165, 1.54) is 0 Å². The molecule has 0 saturated carbocycles. The lowest BCUT2D eigenvalue weighted by Gasteiger charge is -2.32. The summed E-state index contributed by atoms with van der Waals surface area (Å²) in [5.41, 5.74) is -1.29. The lowest BCUT2D eigenvalue weighted by molar-refractivity contribution is 0.00578. The second-order valence-electron chi connectivity index (χ2n) is 6.14. The highest BCUT2D eigenvalue weighted by atomic mass is 19.1. The molecule has 2 aliphatic heterocycles. The summed E-state index contributed by atoms with van der Waals surface area (Å²) in [4.78, 5) is 0. The Morgan fingerprint density at radius 2 is 1.89 bits per heavy atom. The number of halogens is 1. The molecule has 2 saturated heterocycles. The Hall–Kier alpha value is -0.385. The molecule has 0 N–H and O–H groups in total. The summed E-state index contributed by atoms with van der Waals surface area (Å²) in [6.07, 6.45) is 3.28. The molecular weight excluding hydrogens is 234 g/mol. The monoisotopic (exact) mass is 256 g/mol. The summed E-state index contributed by atoms with van der Waals surface area (Å²) >= 11 is 0. The summed E-state index contributed by atoms with van der Waals surface area (Å²) in [7, 11) is -0.864. The molecule has 18 heavy (non-hydrogen) atoms. The van der Waals surface area contributed by atoms with Gasteiger partial charge in [-0.1, -0.05) is 6.08 Å². The second kappa shape index (κ2) is 4.95. The molecule has 3 nitrogen and oxygen atoms in total. The average Bonchev–Trinajstić information content (AvgIpc) is 2.82. The highest BCUT2D eigenvalue weighted by molar-refractivity contribution is 6.53. The van der Waals surface area contributed by atoms with Gasteiger partial charge in [0.15, 0.2) is 0 Å². The lowest BCUT2D eigenvalue weighted by Crippen LogP contribution is -2.41. The molecule has 1 atom stereocenters. The Kier molecular flexibility index (Phi) is 3.86. The van der Waals surface area contributed by atoms with E-state index in [1.54, 1.807) is 6.08 Å². The van der Waals surface area contributed by atoms with Crippen molar-refractivity contribution in [3.63, 3.8) is 0 Å². The van der Waals surface area contributed by atoms with Gasteiger partial charge in [-0.25, -0.2) is 4.39 Å². The van der Waals surface area contributed by atoms with E-state index in [-0.39, 0.29) is 5.73 Å². The fraction of sp³-hybridized carbons (Fsp3) is 0.846. The first-order chi connectivity index (χ1) is 8.32. The van der Waals surface area contributed by atoms with E-state index >= 15 is 0 Å². The summed E-state index contributed by atoms with van der Waals surface area (Å²) in [5, 5.41) is 0. The van der Waals surface area contributed by atoms with Crippen LogP contribution < -0.4 is 0 Å². The number of hydrogen-bond acceptors (Lipinski definition) is 3. The molecule has 2 heterocycles. The number of hydrogen-bond donors (Lipinski definition) is 0. The van der Waals surface area contributed by atoms with Crippen molar-refractivity contribution < 1.29 is 18.4 Å². The fourth-order valence-corrected chi connectivity index (χ4v) is 2.10. The molecule has 0 amide bonds. The van der Waals surface area contributed by atoms with Crippen LogP contribution in [0.3, 0.4) is 0 Å². The van der Waals surface area contributed by atoms with Crippen LogP contribution in [0.5, 0.6) is 0 Å². The highest BCUT2D eigenvalue weighted by Crippen LogP contribution is 2.38. The van der Waals surface area contributed by atoms with Crippen molar-refractivity contribution in [2.45, 2.75) is 51.7 Å². The van der Waals surface area contributed by atoms with E-state index in [9.17, 15) is 4.39 Å². The number of ether oxygens (including phenoxy) is 1. The van der Waals surface area contributed by atoms with Crippen molar-refractivity contribution in [2.24, 2.45) is 5.92 Å². The Morgan fingerprint density at radius 3 is 2.39 bits per heavy atom. The molecule has 0 aromatic rings. The minimum absolute atomic E-state index is 0.319. The van der Waals surface area contributed by atoms with E-state index in [0.717, 1.165) is 19.6 Å². The van der Waals surface area contributed by atoms with Gasteiger partial charge in [0.25, 0.3) is 0 Å². The predicted molar refractivity (Wildman–Crippen MR) is 68.8 cm³/mol. The van der Waals surface area contributed by atoms with Crippen LogP contribution in [-0.4, -0.2) is 31.5 Å². The van der Waals surface area contributed by atoms with E-state index < -0.39 is 18.3 Å². The smallest absolute Gasteiger partial charge is 0.398 e. The van der Waals surface area contributed by atoms with Crippen LogP contribution in [0.15, 0.2) is 11.8 Å². The minimum atomic E-state index is -0.864. The largest absolute Gasteiger partial charge is 0.524 e. The third-order valence-corrected chi connectivity index (χ3v) is 4.15. The quantitative estimate of drug-likeness (QED) is 0.726. The van der Waals surface area contributed by atoms with Crippen LogP contribution in [0.2, 0.25) is 0 Å². The van der Waals surface area contributed by atoms with Crippen molar-refractivity contribution in [2.75, 3.05) is 13.2 Å². The van der Waals surface area contributed by atoms with E-state index in [0.29, 0.717) is 12.3 Å². The topological polar surface area (TPSA) is 27.7 Å². The molecule has 0 spiro atoms. The summed E-state index contributed by atoms with van der Waals surface area (Å²) < 4.78 is 30.6. The Labute approximate surface area is 109 Å². The zero-order valence-corrected chi connectivity index (χ0v) is 11.7. The van der Waals surface area contributed by atoms with Gasteiger partial charge < -0.3 is 14.0 Å². The Balaban J connectivity index is 1.94. The second-order valence-corrected chi connectivity index (χ2v) is 6.14. The standard InChI is InChI=1S/C13H22BFO3/c1-12(2)13(3,4)18-14(17-12)11(15)6-5-10-7-8-16-9-10/h6,10H,5,7-9H2,1-4H3. The molecule has 2 rings (SSSR count). The molecule has 0 bridgehead atoms. The maximum atomic E-state index is 14.0. The molecule has 0 aliphatic carbocycles. The van der Waals surface area contributed by atoms with Crippen molar-refractivity contribution in [3.8, 4) is 0 Å². The van der Waals surface area contributed by atoms with Crippen LogP contribution in [0.25, 0.3) is 0 Å². The Bertz CT molecular complexity index is 319. The fourth-order valence-electron chi connectivity index (χ4n) is 2.10. The third-order valence-electron chi connectivity index (χ3n) is 4.15. The van der Waals surface area contributed by atoms with Gasteiger partial charge in [-0.3, -0.25) is 0 Å². The third kappa shape index (κ3) is 2.78. The summed E-state index contributed by atoms with van der Waals surface area (Å²) in [6, 6.07) is 0. The van der Waals surface area contributed by atoms with Crippen molar-refractivity contribution in [1.82, 2.24) is 0 Å². The van der Waals surface area contributed by atoms with Gasteiger partial charge in [-0.05, 0) is 46.5 Å². The molecular formula is C13H22BFO3. The molecule has 0 aromatic heterocycles. The summed E-state index contributed by atoms with van der Waals surface area (Å²) in [6.45, 7) is 9.20. The maximum absolute atomic E-state index is 14.0. The van der Waals surface area contributed by atoms with Crippen molar-refractivity contribution in [1.29, 1.82) is 0 Å². The van der Waals surface area contributed by atoms with Gasteiger partial charge in [0.05, 0.1) is 11.2 Å². The van der Waals surface area contributed by atoms with E-state index in [1.807, 2.05) is 27.7 Å². The number of rotatable bonds is 3. The van der Waals surface area contributed by atoms with Crippen LogP contribution in [0.1, 0.15) is 40.5 Å². The first-order valence-electron chi connectivity index (χ1n) is 6.61. The molecule has 2 aliphatic rings. The van der Waals surface area contributed by atoms with E-state index in [2.05, 4.69) is 0 Å². The first-order valence-corrected chi connectivity index (χ1v) is 6.61. The SMILES string of the molecule is CC1(C)OB(C(F)=CCC2CCOC2)OC1(C)C. The van der Waals surface area contributed by atoms with Gasteiger partial charge in [0.2, 0.25) is 0 Å². The van der Waals surface area contributed by atoms with Crippen LogP contribution in [-0.2, 0) is 14.0 Å². The van der Waals surface area contributed by atoms with Gasteiger partial charge in [0, 0.05) is 13.2 Å². The first kappa shape index (κ1) is 14.0. The molecule has 102 valence electrons. The van der Waals surface area contributed by atoms with Crippen LogP contribution in [0, 0.1) is 5.92 Å². The van der Waals surface area contributed by atoms with Gasteiger partial charge in [-0.15, -0.1) is 0 Å². The van der Waals surface area contributed by atoms with Gasteiger partial charge in [-0.2, -0.15) is 0 Å². The van der Waals surface area contributed by atoms with Crippen LogP contribution >= 0.6 is 0 Å². The molecule has 0 aromatic carbocycles. The van der Waals surface area contributed by atoms with Gasteiger partial charge in [0.1, 0.15) is 5.73 Å². The van der Waals surface area contributed by atoms with Crippen molar-refractivity contribution >= 4 is 7.12 Å². The zero-order chi connectivity index (χ0) is 13.4. The molecule has 5 heteroatoms. The maximum Gasteiger partial charge on any atom is 0.524 e. The predicted octanol–water partition coefficient (Wildman–Crippen LogP) is 2.90. The van der Waals surface area contributed by atoms with Crippen molar-refractivity contribution in [3.05, 3.63) is 11.8 Å². The van der Waals surface area contributed by atoms with Gasteiger partial charge >= 0.3 is 7.12 Å². The normalized spacial score (nSPS) is 31.1. The molecule has 2 fully saturated rings. The molecule has 1 unspecified atom stereocenters. The van der Waals surface area contributed by atoms with Crippen LogP contribution in [0.4, 0.5) is 4.39 Å². The number of allylic oxidation sites excluding steroid dienone is 1. The molecule has 0 radical (unpaired) electrons. The highest BCUT2D eigenvalue weighted by Gasteiger charge is 2.52. The Morgan fingerprint density at radius 1 is 1.28 bits per heavy atom. The lowest BCUT2D eigenvalue weighted by atomic mass is 9.86. The zero-order valence-electron chi connectivity index (χ0n) is 11.7. The van der Waals surface area contributed by atoms with E-state index in [4.69, 9.17) is 14.0 Å². The average molecular weight is 256 g/mol. The minimum Gasteiger partial charge on any atom is -0.398 e.